The number of para-hydroxylation sites is 2. The van der Waals surface area contributed by atoms with E-state index in [-0.39, 0.29) is 5.91 Å². The third-order valence-corrected chi connectivity index (χ3v) is 6.34. The topological polar surface area (TPSA) is 59.1 Å². The summed E-state index contributed by atoms with van der Waals surface area (Å²) in [5.74, 6) is -0.752. The van der Waals surface area contributed by atoms with Gasteiger partial charge in [0.05, 0.1) is 29.5 Å². The van der Waals surface area contributed by atoms with E-state index in [1.54, 1.807) is 36.4 Å². The van der Waals surface area contributed by atoms with Crippen LogP contribution in [-0.2, 0) is 14.4 Å². The van der Waals surface area contributed by atoms with Crippen molar-refractivity contribution in [1.82, 2.24) is 0 Å². The van der Waals surface area contributed by atoms with Crippen molar-refractivity contribution in [3.05, 3.63) is 88.9 Å². The first kappa shape index (κ1) is 20.5. The number of hydrogen-bond acceptors (Lipinski definition) is 5. The summed E-state index contributed by atoms with van der Waals surface area (Å²) in [7, 11) is 1.60. The maximum atomic E-state index is 13.6. The van der Waals surface area contributed by atoms with Gasteiger partial charge in [-0.25, -0.2) is 9.96 Å². The van der Waals surface area contributed by atoms with Crippen molar-refractivity contribution in [1.29, 1.82) is 0 Å². The van der Waals surface area contributed by atoms with Crippen molar-refractivity contribution in [3.63, 3.8) is 0 Å². The van der Waals surface area contributed by atoms with Crippen LogP contribution in [0.1, 0.15) is 17.2 Å². The van der Waals surface area contributed by atoms with E-state index in [0.717, 1.165) is 21.7 Å². The van der Waals surface area contributed by atoms with Gasteiger partial charge in [-0.2, -0.15) is 0 Å². The van der Waals surface area contributed by atoms with Crippen molar-refractivity contribution < 1.29 is 19.2 Å². The maximum Gasteiger partial charge on any atom is 0.266 e. The summed E-state index contributed by atoms with van der Waals surface area (Å²) in [6, 6.07) is 21.6. The molecule has 2 heterocycles. The summed E-state index contributed by atoms with van der Waals surface area (Å²) in [5, 5.41) is 2.04. The second-order valence-electron chi connectivity index (χ2n) is 7.85. The molecule has 0 spiro atoms. The average Bonchev–Trinajstić information content (AvgIpc) is 3.31. The van der Waals surface area contributed by atoms with Crippen LogP contribution >= 0.6 is 11.6 Å². The first-order valence-corrected chi connectivity index (χ1v) is 10.7. The second kappa shape index (κ2) is 7.97. The predicted octanol–water partition coefficient (Wildman–Crippen LogP) is 4.71. The van der Waals surface area contributed by atoms with Crippen LogP contribution in [0.3, 0.4) is 0 Å². The molecule has 3 aromatic carbocycles. The maximum absolute atomic E-state index is 13.6. The Bertz CT molecular complexity index is 1200. The molecule has 3 aromatic rings. The molecule has 162 valence electrons. The number of fused-ring (bicyclic) bond motifs is 1. The van der Waals surface area contributed by atoms with Crippen LogP contribution < -0.4 is 14.7 Å². The number of rotatable bonds is 4. The van der Waals surface area contributed by atoms with E-state index >= 15 is 0 Å². The molecule has 0 radical (unpaired) electrons. The molecule has 0 unspecified atom stereocenters. The number of aryl methyl sites for hydroxylation is 1. The molecule has 0 aliphatic carbocycles. The minimum atomic E-state index is -0.939. The van der Waals surface area contributed by atoms with Crippen LogP contribution in [0.25, 0.3) is 0 Å². The zero-order valence-corrected chi connectivity index (χ0v) is 18.3. The van der Waals surface area contributed by atoms with Gasteiger partial charge in [0.1, 0.15) is 11.7 Å². The highest BCUT2D eigenvalue weighted by molar-refractivity contribution is 6.36. The van der Waals surface area contributed by atoms with Gasteiger partial charge in [-0.1, -0.05) is 54.1 Å². The SMILES string of the molecule is COc1ccc([C@@H]2[C@@H]3C(=O)N(c4ccccc4Cl)C(=O)[C@@H]3ON2c2ccccc2C)cc1. The molecule has 0 bridgehead atoms. The number of anilines is 2. The summed E-state index contributed by atoms with van der Waals surface area (Å²) in [5.41, 5.74) is 3.02. The lowest BCUT2D eigenvalue weighted by molar-refractivity contribution is -0.126. The number of imide groups is 1. The second-order valence-corrected chi connectivity index (χ2v) is 8.25. The molecule has 0 saturated carbocycles. The number of benzene rings is 3. The Balaban J connectivity index is 1.61. The lowest BCUT2D eigenvalue weighted by Crippen LogP contribution is -2.37. The van der Waals surface area contributed by atoms with Crippen molar-refractivity contribution in [3.8, 4) is 5.75 Å². The Morgan fingerprint density at radius 2 is 1.53 bits per heavy atom. The molecule has 2 amide bonds. The molecule has 7 heteroatoms. The Morgan fingerprint density at radius 1 is 0.875 bits per heavy atom. The molecule has 32 heavy (non-hydrogen) atoms. The summed E-state index contributed by atoms with van der Waals surface area (Å²) in [6.45, 7) is 1.97. The Morgan fingerprint density at radius 3 is 2.19 bits per heavy atom. The summed E-state index contributed by atoms with van der Waals surface area (Å²) < 4.78 is 5.29. The highest BCUT2D eigenvalue weighted by Crippen LogP contribution is 2.48. The number of amides is 2. The lowest BCUT2D eigenvalue weighted by atomic mass is 9.90. The van der Waals surface area contributed by atoms with Crippen LogP contribution in [-0.4, -0.2) is 25.0 Å². The van der Waals surface area contributed by atoms with E-state index in [1.165, 1.54) is 0 Å². The predicted molar refractivity (Wildman–Crippen MR) is 122 cm³/mol. The van der Waals surface area contributed by atoms with E-state index in [0.29, 0.717) is 16.5 Å². The molecule has 2 fully saturated rings. The van der Waals surface area contributed by atoms with Gasteiger partial charge in [-0.15, -0.1) is 0 Å². The summed E-state index contributed by atoms with van der Waals surface area (Å²) in [4.78, 5) is 34.4. The largest absolute Gasteiger partial charge is 0.497 e. The highest BCUT2D eigenvalue weighted by Gasteiger charge is 2.60. The first-order valence-electron chi connectivity index (χ1n) is 10.3. The first-order chi connectivity index (χ1) is 15.5. The van der Waals surface area contributed by atoms with Crippen molar-refractivity contribution in [2.45, 2.75) is 19.1 Å². The molecule has 2 aliphatic rings. The molecule has 0 N–H and O–H groups in total. The zero-order chi connectivity index (χ0) is 22.4. The number of nitrogens with zero attached hydrogens (tertiary/aromatic N) is 2. The number of hydrogen-bond donors (Lipinski definition) is 0. The number of carbonyl (C=O) groups is 2. The highest BCUT2D eigenvalue weighted by atomic mass is 35.5. The smallest absolute Gasteiger partial charge is 0.266 e. The van der Waals surface area contributed by atoms with E-state index < -0.39 is 24.0 Å². The molecule has 2 saturated heterocycles. The van der Waals surface area contributed by atoms with Crippen LogP contribution in [0.4, 0.5) is 11.4 Å². The van der Waals surface area contributed by atoms with E-state index in [9.17, 15) is 9.59 Å². The third-order valence-electron chi connectivity index (χ3n) is 6.02. The van der Waals surface area contributed by atoms with Gasteiger partial charge >= 0.3 is 0 Å². The fourth-order valence-electron chi connectivity index (χ4n) is 4.44. The monoisotopic (exact) mass is 448 g/mol. The molecular formula is C25H21ClN2O4. The molecule has 6 nitrogen and oxygen atoms in total. The number of methoxy groups -OCH3 is 1. The van der Waals surface area contributed by atoms with E-state index in [1.807, 2.05) is 55.5 Å². The van der Waals surface area contributed by atoms with Crippen LogP contribution in [0, 0.1) is 12.8 Å². The quantitative estimate of drug-likeness (QED) is 0.541. The molecule has 2 aliphatic heterocycles. The molecule has 3 atom stereocenters. The molecular weight excluding hydrogens is 428 g/mol. The Labute approximate surface area is 190 Å². The van der Waals surface area contributed by atoms with E-state index in [2.05, 4.69) is 0 Å². The van der Waals surface area contributed by atoms with Crippen molar-refractivity contribution >= 4 is 34.8 Å². The number of carbonyl (C=O) groups excluding carboxylic acids is 2. The lowest BCUT2D eigenvalue weighted by Gasteiger charge is -2.30. The van der Waals surface area contributed by atoms with Gasteiger partial charge in [0, 0.05) is 0 Å². The van der Waals surface area contributed by atoms with Crippen molar-refractivity contribution in [2.24, 2.45) is 5.92 Å². The minimum absolute atomic E-state index is 0.329. The van der Waals surface area contributed by atoms with Gasteiger partial charge in [0.25, 0.3) is 5.91 Å². The fourth-order valence-corrected chi connectivity index (χ4v) is 4.66. The number of halogens is 1. The standard InChI is InChI=1S/C25H21ClN2O4/c1-15-7-3-5-9-19(15)28-22(16-11-13-17(31-2)14-12-16)21-23(32-28)25(30)27(24(21)29)20-10-6-4-8-18(20)26/h3-14,21-23H,1-2H3/t21-,22+,23+/m0/s1. The van der Waals surface area contributed by atoms with Gasteiger partial charge < -0.3 is 4.74 Å². The van der Waals surface area contributed by atoms with E-state index in [4.69, 9.17) is 21.2 Å². The number of hydroxylamine groups is 1. The van der Waals surface area contributed by atoms with Crippen LogP contribution in [0.2, 0.25) is 5.02 Å². The average molecular weight is 449 g/mol. The van der Waals surface area contributed by atoms with Crippen LogP contribution in [0.5, 0.6) is 5.75 Å². The third kappa shape index (κ3) is 3.15. The normalized spacial score (nSPS) is 22.4. The van der Waals surface area contributed by atoms with Gasteiger partial charge in [-0.05, 0) is 48.4 Å². The van der Waals surface area contributed by atoms with Gasteiger partial charge in [-0.3, -0.25) is 14.4 Å². The fraction of sp³-hybridized carbons (Fsp3) is 0.200. The number of ether oxygens (including phenoxy) is 1. The van der Waals surface area contributed by atoms with Gasteiger partial charge in [0.15, 0.2) is 6.10 Å². The zero-order valence-electron chi connectivity index (χ0n) is 17.6. The van der Waals surface area contributed by atoms with Gasteiger partial charge in [0.2, 0.25) is 5.91 Å². The summed E-state index contributed by atoms with van der Waals surface area (Å²) >= 11 is 6.31. The summed E-state index contributed by atoms with van der Waals surface area (Å²) in [6.07, 6.45) is -0.939. The Kier molecular flexibility index (Phi) is 5.12. The molecule has 5 rings (SSSR count). The van der Waals surface area contributed by atoms with Crippen LogP contribution in [0.15, 0.2) is 72.8 Å². The molecule has 0 aromatic heterocycles. The minimum Gasteiger partial charge on any atom is -0.497 e. The van der Waals surface area contributed by atoms with Crippen molar-refractivity contribution in [2.75, 3.05) is 17.1 Å². The Hall–Kier alpha value is -3.35.